The van der Waals surface area contributed by atoms with Gasteiger partial charge in [0.15, 0.2) is 16.7 Å². The summed E-state index contributed by atoms with van der Waals surface area (Å²) in [7, 11) is 0. The minimum Gasteiger partial charge on any atom is -0.454 e. The summed E-state index contributed by atoms with van der Waals surface area (Å²) in [6.07, 6.45) is -4.72. The van der Waals surface area contributed by atoms with Crippen LogP contribution in [-0.2, 0) is 22.3 Å². The van der Waals surface area contributed by atoms with E-state index >= 15 is 0 Å². The van der Waals surface area contributed by atoms with E-state index in [9.17, 15) is 22.8 Å². The first-order valence-electron chi connectivity index (χ1n) is 9.11. The second kappa shape index (κ2) is 8.14. The lowest BCUT2D eigenvalue weighted by Gasteiger charge is -2.17. The maximum atomic E-state index is 13.0. The third-order valence-corrected chi connectivity index (χ3v) is 5.76. The third-order valence-electron chi connectivity index (χ3n) is 4.58. The summed E-state index contributed by atoms with van der Waals surface area (Å²) in [5, 5.41) is -0.607. The number of nitrogens with two attached hydrogens (primary N) is 1. The van der Waals surface area contributed by atoms with Gasteiger partial charge in [-0.1, -0.05) is 23.9 Å². The first-order chi connectivity index (χ1) is 14.7. The number of primary amides is 1. The smallest absolute Gasteiger partial charge is 0.416 e. The summed E-state index contributed by atoms with van der Waals surface area (Å²) < 4.78 is 49.7. The number of aliphatic imine (C=N–C) groups is 1. The van der Waals surface area contributed by atoms with Crippen molar-refractivity contribution in [2.75, 3.05) is 6.79 Å². The predicted octanol–water partition coefficient (Wildman–Crippen LogP) is 3.44. The molecule has 0 aliphatic carbocycles. The second-order valence-electron chi connectivity index (χ2n) is 6.83. The summed E-state index contributed by atoms with van der Waals surface area (Å²) in [5.41, 5.74) is 5.14. The topological polar surface area (TPSA) is 94.2 Å². The average Bonchev–Trinajstić information content (AvgIpc) is 3.27. The molecule has 2 aromatic rings. The van der Waals surface area contributed by atoms with Crippen molar-refractivity contribution in [3.63, 3.8) is 0 Å². The molecule has 31 heavy (non-hydrogen) atoms. The molecule has 0 saturated carbocycles. The molecule has 0 unspecified atom stereocenters. The largest absolute Gasteiger partial charge is 0.454 e. The Morgan fingerprint density at radius 1 is 1.19 bits per heavy atom. The van der Waals surface area contributed by atoms with E-state index in [1.165, 1.54) is 17.0 Å². The lowest BCUT2D eigenvalue weighted by Crippen LogP contribution is -2.33. The molecule has 1 fully saturated rings. The van der Waals surface area contributed by atoms with Gasteiger partial charge in [-0.2, -0.15) is 13.2 Å². The van der Waals surface area contributed by atoms with Crippen molar-refractivity contribution in [1.29, 1.82) is 0 Å². The minimum atomic E-state index is -4.52. The van der Waals surface area contributed by atoms with Crippen molar-refractivity contribution in [2.45, 2.75) is 24.4 Å². The summed E-state index contributed by atoms with van der Waals surface area (Å²) in [6.45, 7) is 0.190. The Bertz CT molecular complexity index is 1070. The molecule has 0 spiro atoms. The standard InChI is InChI=1S/C20H16F3N3O4S/c21-20(22,23)12-2-1-3-13(7-12)25-19-26(18(28)16(31-19)8-17(24)27)9-11-4-5-14-15(6-11)30-10-29-14/h1-7,16H,8-10H2,(H2,24,27)/t16-/m1/s1. The molecule has 0 bridgehead atoms. The molecule has 1 saturated heterocycles. The number of carbonyl (C=O) groups is 2. The highest BCUT2D eigenvalue weighted by Gasteiger charge is 2.39. The van der Waals surface area contributed by atoms with Crippen LogP contribution < -0.4 is 15.2 Å². The monoisotopic (exact) mass is 451 g/mol. The van der Waals surface area contributed by atoms with Crippen molar-refractivity contribution >= 4 is 34.4 Å². The molecule has 2 aromatic carbocycles. The lowest BCUT2D eigenvalue weighted by atomic mass is 10.1. The number of nitrogens with zero attached hydrogens (tertiary/aromatic N) is 2. The number of amides is 2. The fourth-order valence-corrected chi connectivity index (χ4v) is 4.31. The van der Waals surface area contributed by atoms with E-state index in [1.54, 1.807) is 18.2 Å². The molecule has 0 aromatic heterocycles. The van der Waals surface area contributed by atoms with Gasteiger partial charge in [-0.15, -0.1) is 0 Å². The Labute approximate surface area is 179 Å². The van der Waals surface area contributed by atoms with E-state index in [0.29, 0.717) is 17.1 Å². The Hall–Kier alpha value is -3.21. The number of amidine groups is 1. The van der Waals surface area contributed by atoms with E-state index in [4.69, 9.17) is 15.2 Å². The molecule has 0 radical (unpaired) electrons. The van der Waals surface area contributed by atoms with Gasteiger partial charge in [0.1, 0.15) is 5.25 Å². The number of benzene rings is 2. The van der Waals surface area contributed by atoms with Crippen molar-refractivity contribution in [3.8, 4) is 11.5 Å². The van der Waals surface area contributed by atoms with Crippen LogP contribution in [0, 0.1) is 0 Å². The van der Waals surface area contributed by atoms with Crippen molar-refractivity contribution < 1.29 is 32.2 Å². The van der Waals surface area contributed by atoms with Gasteiger partial charge in [0.25, 0.3) is 0 Å². The van der Waals surface area contributed by atoms with Crippen LogP contribution >= 0.6 is 11.8 Å². The van der Waals surface area contributed by atoms with Crippen LogP contribution in [0.5, 0.6) is 11.5 Å². The van der Waals surface area contributed by atoms with Gasteiger partial charge < -0.3 is 15.2 Å². The van der Waals surface area contributed by atoms with Crippen LogP contribution in [0.15, 0.2) is 47.5 Å². The first-order valence-corrected chi connectivity index (χ1v) is 9.99. The summed E-state index contributed by atoms with van der Waals surface area (Å²) in [5.74, 6) is 0.0542. The lowest BCUT2D eigenvalue weighted by molar-refractivity contribution is -0.137. The molecule has 162 valence electrons. The molecule has 11 heteroatoms. The molecular formula is C20H16F3N3O4S. The molecule has 2 amide bonds. The SMILES string of the molecule is NC(=O)C[C@H]1SC(=Nc2cccc(C(F)(F)F)c2)N(Cc2ccc3c(c2)OCO3)C1=O. The molecule has 2 N–H and O–H groups in total. The Morgan fingerprint density at radius 2 is 1.97 bits per heavy atom. The van der Waals surface area contributed by atoms with Crippen LogP contribution in [0.1, 0.15) is 17.5 Å². The third kappa shape index (κ3) is 4.61. The number of alkyl halides is 3. The van der Waals surface area contributed by atoms with Crippen molar-refractivity contribution in [3.05, 3.63) is 53.6 Å². The fourth-order valence-electron chi connectivity index (χ4n) is 3.14. The number of hydrogen-bond donors (Lipinski definition) is 1. The van der Waals surface area contributed by atoms with Crippen LogP contribution in [0.3, 0.4) is 0 Å². The number of thioether (sulfide) groups is 1. The zero-order chi connectivity index (χ0) is 22.2. The van der Waals surface area contributed by atoms with Crippen LogP contribution in [0.4, 0.5) is 18.9 Å². The molecule has 2 aliphatic rings. The summed E-state index contributed by atoms with van der Waals surface area (Å²) in [4.78, 5) is 29.8. The van der Waals surface area contributed by atoms with E-state index in [-0.39, 0.29) is 30.6 Å². The van der Waals surface area contributed by atoms with Gasteiger partial charge in [-0.05, 0) is 35.9 Å². The number of fused-ring (bicyclic) bond motifs is 1. The quantitative estimate of drug-likeness (QED) is 0.752. The zero-order valence-corrected chi connectivity index (χ0v) is 16.7. The van der Waals surface area contributed by atoms with Gasteiger partial charge in [0.05, 0.1) is 17.8 Å². The maximum absolute atomic E-state index is 13.0. The van der Waals surface area contributed by atoms with Crippen molar-refractivity contribution in [1.82, 2.24) is 4.90 Å². The highest BCUT2D eigenvalue weighted by atomic mass is 32.2. The first kappa shape index (κ1) is 21.0. The second-order valence-corrected chi connectivity index (χ2v) is 8.00. The summed E-state index contributed by atoms with van der Waals surface area (Å²) in [6, 6.07) is 9.66. The normalized spacial score (nSPS) is 19.3. The van der Waals surface area contributed by atoms with Gasteiger partial charge in [0.2, 0.25) is 18.6 Å². The summed E-state index contributed by atoms with van der Waals surface area (Å²) >= 11 is 0.996. The number of hydrogen-bond acceptors (Lipinski definition) is 6. The van der Waals surface area contributed by atoms with E-state index in [1.807, 2.05) is 0 Å². The molecule has 7 nitrogen and oxygen atoms in total. The molecule has 2 heterocycles. The van der Waals surface area contributed by atoms with Gasteiger partial charge in [0, 0.05) is 6.42 Å². The number of rotatable bonds is 5. The van der Waals surface area contributed by atoms with Gasteiger partial charge >= 0.3 is 6.18 Å². The predicted molar refractivity (Wildman–Crippen MR) is 107 cm³/mol. The van der Waals surface area contributed by atoms with E-state index in [0.717, 1.165) is 23.9 Å². The Kier molecular flexibility index (Phi) is 5.52. The molecular weight excluding hydrogens is 435 g/mol. The van der Waals surface area contributed by atoms with Crippen LogP contribution in [-0.4, -0.2) is 33.9 Å². The average molecular weight is 451 g/mol. The Morgan fingerprint density at radius 3 is 2.71 bits per heavy atom. The molecule has 4 rings (SSSR count). The molecule has 2 aliphatic heterocycles. The van der Waals surface area contributed by atoms with Crippen LogP contribution in [0.2, 0.25) is 0 Å². The minimum absolute atomic E-state index is 0.0422. The highest BCUT2D eigenvalue weighted by molar-refractivity contribution is 8.15. The van der Waals surface area contributed by atoms with E-state index < -0.39 is 28.8 Å². The van der Waals surface area contributed by atoms with Gasteiger partial charge in [-0.3, -0.25) is 14.5 Å². The fraction of sp³-hybridized carbons (Fsp3) is 0.250. The maximum Gasteiger partial charge on any atom is 0.416 e. The zero-order valence-electron chi connectivity index (χ0n) is 15.9. The number of ether oxygens (including phenoxy) is 2. The van der Waals surface area contributed by atoms with Crippen LogP contribution in [0.25, 0.3) is 0 Å². The highest BCUT2D eigenvalue weighted by Crippen LogP contribution is 2.37. The Balaban J connectivity index is 1.65. The number of carbonyl (C=O) groups excluding carboxylic acids is 2. The number of halogens is 3. The van der Waals surface area contributed by atoms with Crippen molar-refractivity contribution in [2.24, 2.45) is 10.7 Å². The van der Waals surface area contributed by atoms with E-state index in [2.05, 4.69) is 4.99 Å². The van der Waals surface area contributed by atoms with Gasteiger partial charge in [-0.25, -0.2) is 4.99 Å². The molecule has 1 atom stereocenters.